The van der Waals surface area contributed by atoms with Gasteiger partial charge in [0, 0.05) is 34.1 Å². The van der Waals surface area contributed by atoms with Crippen LogP contribution >= 0.6 is 23.4 Å². The molecule has 1 aromatic heterocycles. The van der Waals surface area contributed by atoms with Crippen LogP contribution in [0, 0.1) is 6.92 Å². The van der Waals surface area contributed by atoms with Crippen LogP contribution in [-0.4, -0.2) is 21.9 Å². The van der Waals surface area contributed by atoms with Crippen LogP contribution in [0.25, 0.3) is 11.5 Å². The third-order valence-electron chi connectivity index (χ3n) is 4.68. The Labute approximate surface area is 172 Å². The topological polar surface area (TPSA) is 68.0 Å². The molecule has 7 heteroatoms. The average molecular weight is 414 g/mol. The summed E-state index contributed by atoms with van der Waals surface area (Å²) in [5.41, 5.74) is 3.14. The molecule has 3 aromatic rings. The first-order valence-electron chi connectivity index (χ1n) is 9.19. The Bertz CT molecular complexity index is 988. The summed E-state index contributed by atoms with van der Waals surface area (Å²) in [6.07, 6.45) is 1.60. The molecule has 28 heavy (non-hydrogen) atoms. The summed E-state index contributed by atoms with van der Waals surface area (Å²) in [5, 5.41) is 12.0. The molecule has 1 N–H and O–H groups in total. The predicted molar refractivity (Wildman–Crippen MR) is 110 cm³/mol. The van der Waals surface area contributed by atoms with Crippen molar-refractivity contribution >= 4 is 29.3 Å². The minimum absolute atomic E-state index is 0.00625. The maximum atomic E-state index is 12.5. The van der Waals surface area contributed by atoms with Crippen molar-refractivity contribution in [3.63, 3.8) is 0 Å². The van der Waals surface area contributed by atoms with Gasteiger partial charge in [0.15, 0.2) is 0 Å². The molecule has 144 valence electrons. The molecule has 1 atom stereocenters. The first kappa shape index (κ1) is 19.0. The van der Waals surface area contributed by atoms with E-state index in [0.717, 1.165) is 23.3 Å². The number of nitrogens with one attached hydrogen (secondary N) is 1. The lowest BCUT2D eigenvalue weighted by Crippen LogP contribution is -2.30. The van der Waals surface area contributed by atoms with Gasteiger partial charge in [0.25, 0.3) is 0 Å². The van der Waals surface area contributed by atoms with E-state index in [1.54, 1.807) is 11.8 Å². The molecule has 0 aliphatic carbocycles. The molecule has 1 aliphatic rings. The zero-order chi connectivity index (χ0) is 19.5. The second-order valence-electron chi connectivity index (χ2n) is 6.81. The summed E-state index contributed by atoms with van der Waals surface area (Å²) in [6, 6.07) is 13.7. The molecular formula is C21H20ClN3O2S. The van der Waals surface area contributed by atoms with Gasteiger partial charge in [-0.3, -0.25) is 4.79 Å². The number of aryl methyl sites for hydroxylation is 2. The number of fused-ring (bicyclic) bond motifs is 1. The van der Waals surface area contributed by atoms with E-state index in [1.807, 2.05) is 49.4 Å². The van der Waals surface area contributed by atoms with Gasteiger partial charge in [0.2, 0.25) is 17.7 Å². The van der Waals surface area contributed by atoms with Gasteiger partial charge in [-0.1, -0.05) is 29.3 Å². The van der Waals surface area contributed by atoms with Gasteiger partial charge in [-0.25, -0.2) is 0 Å². The molecule has 0 unspecified atom stereocenters. The standard InChI is InChI=1S/C21H20ClN3O2S/c1-13-2-4-14(5-3-13)21-25-24-20(27-21)9-8-19(26)23-17-10-11-28-18-7-6-15(22)12-16(17)18/h2-7,12,17H,8-11H2,1H3,(H,23,26)/t17-/m0/s1. The number of carbonyl (C=O) groups excluding carboxylic acids is 1. The first-order valence-corrected chi connectivity index (χ1v) is 10.6. The van der Waals surface area contributed by atoms with Crippen molar-refractivity contribution < 1.29 is 9.21 Å². The van der Waals surface area contributed by atoms with E-state index >= 15 is 0 Å². The van der Waals surface area contributed by atoms with Crippen LogP contribution in [0.4, 0.5) is 0 Å². The maximum Gasteiger partial charge on any atom is 0.247 e. The fraction of sp³-hybridized carbons (Fsp3) is 0.286. The van der Waals surface area contributed by atoms with Crippen molar-refractivity contribution in [3.8, 4) is 11.5 Å². The minimum atomic E-state index is -0.0297. The second kappa shape index (κ2) is 8.37. The molecule has 0 fully saturated rings. The van der Waals surface area contributed by atoms with E-state index in [9.17, 15) is 4.79 Å². The zero-order valence-electron chi connectivity index (χ0n) is 15.4. The van der Waals surface area contributed by atoms with Crippen LogP contribution in [0.3, 0.4) is 0 Å². The number of rotatable bonds is 5. The van der Waals surface area contributed by atoms with E-state index in [1.165, 1.54) is 10.5 Å². The number of carbonyl (C=O) groups is 1. The fourth-order valence-corrected chi connectivity index (χ4v) is 4.46. The number of hydrogen-bond donors (Lipinski definition) is 1. The van der Waals surface area contributed by atoms with Crippen LogP contribution in [0.1, 0.15) is 35.9 Å². The summed E-state index contributed by atoms with van der Waals surface area (Å²) in [7, 11) is 0. The molecule has 1 aliphatic heterocycles. The Balaban J connectivity index is 1.36. The number of thioether (sulfide) groups is 1. The Kier molecular flexibility index (Phi) is 5.69. The van der Waals surface area contributed by atoms with Crippen molar-refractivity contribution in [3.05, 3.63) is 64.5 Å². The minimum Gasteiger partial charge on any atom is -0.421 e. The van der Waals surface area contributed by atoms with Gasteiger partial charge < -0.3 is 9.73 Å². The van der Waals surface area contributed by atoms with Gasteiger partial charge in [-0.05, 0) is 49.2 Å². The molecule has 2 heterocycles. The lowest BCUT2D eigenvalue weighted by molar-refractivity contribution is -0.121. The Hall–Kier alpha value is -2.31. The van der Waals surface area contributed by atoms with Crippen molar-refractivity contribution in [2.45, 2.75) is 37.1 Å². The number of amides is 1. The van der Waals surface area contributed by atoms with Crippen LogP contribution < -0.4 is 5.32 Å². The fourth-order valence-electron chi connectivity index (χ4n) is 3.17. The molecule has 0 bridgehead atoms. The molecule has 4 rings (SSSR count). The largest absolute Gasteiger partial charge is 0.421 e. The number of benzene rings is 2. The first-order chi connectivity index (χ1) is 13.6. The van der Waals surface area contributed by atoms with Crippen LogP contribution in [-0.2, 0) is 11.2 Å². The van der Waals surface area contributed by atoms with Gasteiger partial charge >= 0.3 is 0 Å². The average Bonchev–Trinajstić information content (AvgIpc) is 3.16. The number of halogens is 1. The van der Waals surface area contributed by atoms with E-state index < -0.39 is 0 Å². The quantitative estimate of drug-likeness (QED) is 0.638. The lowest BCUT2D eigenvalue weighted by atomic mass is 10.0. The van der Waals surface area contributed by atoms with Crippen LogP contribution in [0.5, 0.6) is 0 Å². The summed E-state index contributed by atoms with van der Waals surface area (Å²) in [5.74, 6) is 1.89. The van der Waals surface area contributed by atoms with Crippen LogP contribution in [0.15, 0.2) is 51.8 Å². The van der Waals surface area contributed by atoms with E-state index in [-0.39, 0.29) is 11.9 Å². The Morgan fingerprint density at radius 2 is 2.07 bits per heavy atom. The smallest absolute Gasteiger partial charge is 0.247 e. The predicted octanol–water partition coefficient (Wildman–Crippen LogP) is 4.98. The monoisotopic (exact) mass is 413 g/mol. The van der Waals surface area contributed by atoms with Crippen molar-refractivity contribution in [2.75, 3.05) is 5.75 Å². The normalized spacial score (nSPS) is 15.9. The molecule has 0 saturated carbocycles. The van der Waals surface area contributed by atoms with Gasteiger partial charge in [0.1, 0.15) is 0 Å². The van der Waals surface area contributed by atoms with Crippen molar-refractivity contribution in [1.82, 2.24) is 15.5 Å². The Morgan fingerprint density at radius 3 is 2.89 bits per heavy atom. The summed E-state index contributed by atoms with van der Waals surface area (Å²) in [4.78, 5) is 13.6. The highest BCUT2D eigenvalue weighted by Crippen LogP contribution is 2.37. The Morgan fingerprint density at radius 1 is 1.25 bits per heavy atom. The maximum absolute atomic E-state index is 12.5. The number of hydrogen-bond acceptors (Lipinski definition) is 5. The van der Waals surface area contributed by atoms with E-state index in [2.05, 4.69) is 15.5 Å². The summed E-state index contributed by atoms with van der Waals surface area (Å²) >= 11 is 7.93. The second-order valence-corrected chi connectivity index (χ2v) is 8.38. The summed E-state index contributed by atoms with van der Waals surface area (Å²) < 4.78 is 5.70. The highest BCUT2D eigenvalue weighted by molar-refractivity contribution is 7.99. The molecule has 2 aromatic carbocycles. The number of nitrogens with zero attached hydrogens (tertiary/aromatic N) is 2. The highest BCUT2D eigenvalue weighted by Gasteiger charge is 2.23. The molecule has 0 radical (unpaired) electrons. The van der Waals surface area contributed by atoms with Gasteiger partial charge in [-0.2, -0.15) is 0 Å². The molecule has 5 nitrogen and oxygen atoms in total. The van der Waals surface area contributed by atoms with Crippen LogP contribution in [0.2, 0.25) is 5.02 Å². The molecule has 0 spiro atoms. The van der Waals surface area contributed by atoms with E-state index in [4.69, 9.17) is 16.0 Å². The molecular weight excluding hydrogens is 394 g/mol. The zero-order valence-corrected chi connectivity index (χ0v) is 17.0. The lowest BCUT2D eigenvalue weighted by Gasteiger charge is -2.26. The SMILES string of the molecule is Cc1ccc(-c2nnc(CCC(=O)N[C@H]3CCSc4ccc(Cl)cc43)o2)cc1. The third-order valence-corrected chi connectivity index (χ3v) is 6.04. The molecule has 0 saturated heterocycles. The highest BCUT2D eigenvalue weighted by atomic mass is 35.5. The molecule has 1 amide bonds. The third kappa shape index (κ3) is 4.39. The van der Waals surface area contributed by atoms with Crippen molar-refractivity contribution in [1.29, 1.82) is 0 Å². The van der Waals surface area contributed by atoms with E-state index in [0.29, 0.717) is 29.6 Å². The summed E-state index contributed by atoms with van der Waals surface area (Å²) in [6.45, 7) is 2.03. The van der Waals surface area contributed by atoms with Gasteiger partial charge in [-0.15, -0.1) is 22.0 Å². The number of aromatic nitrogens is 2. The van der Waals surface area contributed by atoms with Gasteiger partial charge in [0.05, 0.1) is 6.04 Å². The van der Waals surface area contributed by atoms with Crippen molar-refractivity contribution in [2.24, 2.45) is 0 Å².